The first-order valence-electron chi connectivity index (χ1n) is 6.25. The Kier molecular flexibility index (Phi) is 4.34. The Morgan fingerprint density at radius 3 is 2.53 bits per heavy atom. The minimum absolute atomic E-state index is 0.435. The zero-order chi connectivity index (χ0) is 13.9. The van der Waals surface area contributed by atoms with E-state index in [0.29, 0.717) is 6.61 Å². The number of aromatic nitrogens is 1. The molecule has 0 bridgehead atoms. The summed E-state index contributed by atoms with van der Waals surface area (Å²) in [7, 11) is 1.64. The minimum Gasteiger partial charge on any atom is -0.385 e. The van der Waals surface area contributed by atoms with Gasteiger partial charge in [0.05, 0.1) is 27.8 Å². The highest BCUT2D eigenvalue weighted by molar-refractivity contribution is 7.11. The van der Waals surface area contributed by atoms with E-state index < -0.39 is 5.60 Å². The van der Waals surface area contributed by atoms with E-state index in [0.717, 1.165) is 22.0 Å². The molecule has 0 aliphatic heterocycles. The summed E-state index contributed by atoms with van der Waals surface area (Å²) >= 11 is 1.56. The van der Waals surface area contributed by atoms with Gasteiger partial charge in [-0.3, -0.25) is 0 Å². The molecule has 102 valence electrons. The molecule has 2 aromatic rings. The topological polar surface area (TPSA) is 42.4 Å². The first kappa shape index (κ1) is 14.2. The average molecular weight is 277 g/mol. The predicted molar refractivity (Wildman–Crippen MR) is 77.3 cm³/mol. The fourth-order valence-corrected chi connectivity index (χ4v) is 3.06. The van der Waals surface area contributed by atoms with Crippen LogP contribution in [0.2, 0.25) is 0 Å². The Morgan fingerprint density at radius 2 is 1.95 bits per heavy atom. The van der Waals surface area contributed by atoms with Crippen LogP contribution < -0.4 is 0 Å². The first-order valence-corrected chi connectivity index (χ1v) is 7.06. The number of hydrogen-bond donors (Lipinski definition) is 1. The van der Waals surface area contributed by atoms with Gasteiger partial charge in [0, 0.05) is 13.5 Å². The van der Waals surface area contributed by atoms with Crippen LogP contribution in [0.4, 0.5) is 0 Å². The van der Waals surface area contributed by atoms with Crippen molar-refractivity contribution in [1.82, 2.24) is 4.98 Å². The summed E-state index contributed by atoms with van der Waals surface area (Å²) in [5.74, 6) is 0. The molecule has 0 saturated heterocycles. The second-order valence-corrected chi connectivity index (χ2v) is 6.12. The lowest BCUT2D eigenvalue weighted by molar-refractivity contribution is 0.0782. The molecule has 4 heteroatoms. The number of ether oxygens (including phenoxy) is 1. The molecule has 0 aliphatic carbocycles. The van der Waals surface area contributed by atoms with Crippen molar-refractivity contribution < 1.29 is 9.84 Å². The molecular formula is C15H19NO2S. The van der Waals surface area contributed by atoms with Crippen molar-refractivity contribution in [2.75, 3.05) is 7.11 Å². The Balaban J connectivity index is 2.27. The Labute approximate surface area is 117 Å². The summed E-state index contributed by atoms with van der Waals surface area (Å²) in [5.41, 5.74) is 1.19. The maximum Gasteiger partial charge on any atom is 0.0977 e. The predicted octanol–water partition coefficient (Wildman–Crippen LogP) is 3.11. The number of nitrogens with zero attached hydrogens (tertiary/aromatic N) is 1. The highest BCUT2D eigenvalue weighted by Gasteiger charge is 2.24. The van der Waals surface area contributed by atoms with Crippen molar-refractivity contribution in [3.05, 3.63) is 51.5 Å². The number of rotatable bonds is 5. The van der Waals surface area contributed by atoms with Gasteiger partial charge >= 0.3 is 0 Å². The molecule has 2 rings (SSSR count). The van der Waals surface area contributed by atoms with Gasteiger partial charge in [0.25, 0.3) is 0 Å². The third kappa shape index (κ3) is 3.62. The van der Waals surface area contributed by atoms with E-state index in [1.807, 2.05) is 18.2 Å². The molecule has 0 radical (unpaired) electrons. The molecule has 0 amide bonds. The van der Waals surface area contributed by atoms with Gasteiger partial charge < -0.3 is 9.84 Å². The second kappa shape index (κ2) is 5.82. The molecule has 0 unspecified atom stereocenters. The molecule has 1 aromatic heterocycles. The maximum atomic E-state index is 10.2. The van der Waals surface area contributed by atoms with Gasteiger partial charge in [0.2, 0.25) is 0 Å². The van der Waals surface area contributed by atoms with E-state index in [4.69, 9.17) is 4.74 Å². The fourth-order valence-electron chi connectivity index (χ4n) is 1.96. The van der Waals surface area contributed by atoms with Gasteiger partial charge in [-0.2, -0.15) is 0 Å². The van der Waals surface area contributed by atoms with Gasteiger partial charge in [-0.05, 0) is 19.4 Å². The van der Waals surface area contributed by atoms with Crippen LogP contribution in [0.15, 0.2) is 30.3 Å². The van der Waals surface area contributed by atoms with E-state index in [9.17, 15) is 5.11 Å². The SMILES string of the molecule is COCc1nc(Cc2ccccc2)sc1C(C)(C)O. The van der Waals surface area contributed by atoms with E-state index in [-0.39, 0.29) is 0 Å². The molecule has 19 heavy (non-hydrogen) atoms. The highest BCUT2D eigenvalue weighted by atomic mass is 32.1. The van der Waals surface area contributed by atoms with E-state index >= 15 is 0 Å². The van der Waals surface area contributed by atoms with Gasteiger partial charge in [0.15, 0.2) is 0 Å². The van der Waals surface area contributed by atoms with E-state index in [1.54, 1.807) is 32.3 Å². The van der Waals surface area contributed by atoms with Crippen LogP contribution in [-0.4, -0.2) is 17.2 Å². The number of hydrogen-bond acceptors (Lipinski definition) is 4. The second-order valence-electron chi connectivity index (χ2n) is 5.04. The molecule has 3 nitrogen and oxygen atoms in total. The zero-order valence-corrected chi connectivity index (χ0v) is 12.3. The summed E-state index contributed by atoms with van der Waals surface area (Å²) < 4.78 is 5.16. The van der Waals surface area contributed by atoms with Crippen molar-refractivity contribution in [2.24, 2.45) is 0 Å². The summed E-state index contributed by atoms with van der Waals surface area (Å²) in [6.45, 7) is 4.00. The molecule has 1 aromatic carbocycles. The molecule has 0 saturated carbocycles. The lowest BCUT2D eigenvalue weighted by Crippen LogP contribution is -2.16. The third-order valence-electron chi connectivity index (χ3n) is 2.78. The summed E-state index contributed by atoms with van der Waals surface area (Å²) in [6, 6.07) is 10.2. The van der Waals surface area contributed by atoms with Crippen LogP contribution in [0.3, 0.4) is 0 Å². The van der Waals surface area contributed by atoms with Crippen LogP contribution in [0.25, 0.3) is 0 Å². The maximum absolute atomic E-state index is 10.2. The first-order chi connectivity index (χ1) is 9.00. The Hall–Kier alpha value is -1.23. The Bertz CT molecular complexity index is 529. The fraction of sp³-hybridized carbons (Fsp3) is 0.400. The van der Waals surface area contributed by atoms with Crippen molar-refractivity contribution in [3.8, 4) is 0 Å². The number of methoxy groups -OCH3 is 1. The van der Waals surface area contributed by atoms with Crippen LogP contribution >= 0.6 is 11.3 Å². The molecule has 0 spiro atoms. The lowest BCUT2D eigenvalue weighted by atomic mass is 10.1. The minimum atomic E-state index is -0.875. The van der Waals surface area contributed by atoms with Crippen molar-refractivity contribution in [3.63, 3.8) is 0 Å². The molecule has 1 N–H and O–H groups in total. The molecule has 0 atom stereocenters. The van der Waals surface area contributed by atoms with Gasteiger partial charge in [-0.1, -0.05) is 30.3 Å². The van der Waals surface area contributed by atoms with E-state index in [1.165, 1.54) is 5.56 Å². The number of aliphatic hydroxyl groups is 1. The molecule has 0 fully saturated rings. The number of thiazole rings is 1. The highest BCUT2D eigenvalue weighted by Crippen LogP contribution is 2.31. The third-order valence-corrected chi connectivity index (χ3v) is 4.19. The summed E-state index contributed by atoms with van der Waals surface area (Å²) in [6.07, 6.45) is 0.790. The Morgan fingerprint density at radius 1 is 1.26 bits per heavy atom. The molecule has 1 heterocycles. The van der Waals surface area contributed by atoms with Crippen LogP contribution in [0, 0.1) is 0 Å². The summed E-state index contributed by atoms with van der Waals surface area (Å²) in [5, 5.41) is 11.2. The van der Waals surface area contributed by atoms with Crippen LogP contribution in [0.1, 0.15) is 35.0 Å². The monoisotopic (exact) mass is 277 g/mol. The van der Waals surface area contributed by atoms with Gasteiger partial charge in [-0.25, -0.2) is 4.98 Å². The van der Waals surface area contributed by atoms with Crippen molar-refractivity contribution in [2.45, 2.75) is 32.5 Å². The summed E-state index contributed by atoms with van der Waals surface area (Å²) in [4.78, 5) is 5.48. The largest absolute Gasteiger partial charge is 0.385 e. The lowest BCUT2D eigenvalue weighted by Gasteiger charge is -2.16. The van der Waals surface area contributed by atoms with Gasteiger partial charge in [0.1, 0.15) is 0 Å². The van der Waals surface area contributed by atoms with Crippen LogP contribution in [-0.2, 0) is 23.4 Å². The molecular weight excluding hydrogens is 258 g/mol. The standard InChI is InChI=1S/C15H19NO2S/c1-15(2,17)14-12(10-18-3)16-13(19-14)9-11-7-5-4-6-8-11/h4-8,17H,9-10H2,1-3H3. The van der Waals surface area contributed by atoms with Crippen molar-refractivity contribution in [1.29, 1.82) is 0 Å². The van der Waals surface area contributed by atoms with Gasteiger partial charge in [-0.15, -0.1) is 11.3 Å². The number of benzene rings is 1. The van der Waals surface area contributed by atoms with Crippen molar-refractivity contribution >= 4 is 11.3 Å². The van der Waals surface area contributed by atoms with E-state index in [2.05, 4.69) is 17.1 Å². The quantitative estimate of drug-likeness (QED) is 0.913. The average Bonchev–Trinajstić information content (AvgIpc) is 2.74. The van der Waals surface area contributed by atoms with Crippen LogP contribution in [0.5, 0.6) is 0 Å². The zero-order valence-electron chi connectivity index (χ0n) is 11.5. The normalized spacial score (nSPS) is 11.8. The smallest absolute Gasteiger partial charge is 0.0977 e. The molecule has 0 aliphatic rings.